The highest BCUT2D eigenvalue weighted by molar-refractivity contribution is 7.89. The third-order valence-corrected chi connectivity index (χ3v) is 7.61. The van der Waals surface area contributed by atoms with Crippen LogP contribution in [0.1, 0.15) is 49.4 Å². The Balaban J connectivity index is 1.50. The first kappa shape index (κ1) is 26.9. The molecular formula is C27H30ClN3O5S. The maximum absolute atomic E-state index is 12.9. The first-order valence-electron chi connectivity index (χ1n) is 12.2. The molecule has 3 N–H and O–H groups in total. The summed E-state index contributed by atoms with van der Waals surface area (Å²) in [7, 11) is -4.19. The number of nitrogens with two attached hydrogens (primary N) is 1. The van der Waals surface area contributed by atoms with Gasteiger partial charge in [0.2, 0.25) is 15.9 Å². The molecule has 1 fully saturated rings. The monoisotopic (exact) mass is 543 g/mol. The van der Waals surface area contributed by atoms with Crippen LogP contribution in [0.2, 0.25) is 0 Å². The van der Waals surface area contributed by atoms with Gasteiger partial charge in [0.1, 0.15) is 16.4 Å². The molecule has 2 aromatic rings. The fourth-order valence-corrected chi connectivity index (χ4v) is 5.42. The SMILES string of the molecule is CC1C=C(Cl)C(CC(=O)Nc2ccc(Oc3cccc(C(=O)N4CCCCC4)c3)c(S(N)(=O)=O)c2)=CC1. The summed E-state index contributed by atoms with van der Waals surface area (Å²) in [6, 6.07) is 10.8. The molecular weight excluding hydrogens is 514 g/mol. The molecule has 2 aliphatic rings. The molecule has 0 saturated carbocycles. The van der Waals surface area contributed by atoms with Gasteiger partial charge in [-0.05, 0) is 73.6 Å². The van der Waals surface area contributed by atoms with E-state index in [1.165, 1.54) is 18.2 Å². The lowest BCUT2D eigenvalue weighted by Gasteiger charge is -2.26. The number of piperidine rings is 1. The average molecular weight is 544 g/mol. The maximum Gasteiger partial charge on any atom is 0.253 e. The third kappa shape index (κ3) is 7.00. The van der Waals surface area contributed by atoms with Gasteiger partial charge in [-0.25, -0.2) is 13.6 Å². The number of likely N-dealkylation sites (tertiary alicyclic amines) is 1. The molecule has 10 heteroatoms. The van der Waals surface area contributed by atoms with Gasteiger partial charge < -0.3 is 15.0 Å². The summed E-state index contributed by atoms with van der Waals surface area (Å²) in [6.45, 7) is 3.47. The Hall–Kier alpha value is -3.14. The van der Waals surface area contributed by atoms with E-state index in [-0.39, 0.29) is 34.6 Å². The lowest BCUT2D eigenvalue weighted by atomic mass is 9.96. The van der Waals surface area contributed by atoms with Crippen molar-refractivity contribution in [1.82, 2.24) is 4.90 Å². The van der Waals surface area contributed by atoms with Gasteiger partial charge in [-0.1, -0.05) is 36.7 Å². The maximum atomic E-state index is 12.9. The zero-order valence-corrected chi connectivity index (χ0v) is 22.1. The van der Waals surface area contributed by atoms with Gasteiger partial charge in [-0.15, -0.1) is 0 Å². The summed E-state index contributed by atoms with van der Waals surface area (Å²) in [5, 5.41) is 8.69. The van der Waals surface area contributed by atoms with Crippen LogP contribution in [0, 0.1) is 5.92 Å². The van der Waals surface area contributed by atoms with Crippen molar-refractivity contribution < 1.29 is 22.7 Å². The highest BCUT2D eigenvalue weighted by Crippen LogP contribution is 2.32. The second kappa shape index (κ2) is 11.5. The van der Waals surface area contributed by atoms with Gasteiger partial charge in [-0.2, -0.15) is 0 Å². The predicted octanol–water partition coefficient (Wildman–Crippen LogP) is 5.17. The van der Waals surface area contributed by atoms with E-state index in [4.69, 9.17) is 21.5 Å². The lowest BCUT2D eigenvalue weighted by Crippen LogP contribution is -2.35. The van der Waals surface area contributed by atoms with Crippen molar-refractivity contribution in [2.45, 2.75) is 43.9 Å². The summed E-state index contributed by atoms with van der Waals surface area (Å²) in [6.07, 6.45) is 7.76. The molecule has 196 valence electrons. The number of nitrogens with one attached hydrogen (secondary N) is 1. The van der Waals surface area contributed by atoms with Crippen molar-refractivity contribution in [3.63, 3.8) is 0 Å². The number of carbonyl (C=O) groups excluding carboxylic acids is 2. The van der Waals surface area contributed by atoms with E-state index >= 15 is 0 Å². The summed E-state index contributed by atoms with van der Waals surface area (Å²) < 4.78 is 30.5. The van der Waals surface area contributed by atoms with E-state index in [1.54, 1.807) is 24.3 Å². The third-order valence-electron chi connectivity index (χ3n) is 6.31. The number of halogens is 1. The second-order valence-corrected chi connectivity index (χ2v) is 11.3. The number of sulfonamides is 1. The molecule has 1 aliphatic carbocycles. The Bertz CT molecular complexity index is 1360. The molecule has 2 aromatic carbocycles. The summed E-state index contributed by atoms with van der Waals surface area (Å²) >= 11 is 6.26. The van der Waals surface area contributed by atoms with Crippen LogP contribution in [-0.4, -0.2) is 38.2 Å². The molecule has 1 unspecified atom stereocenters. The molecule has 1 atom stereocenters. The molecule has 8 nitrogen and oxygen atoms in total. The van der Waals surface area contributed by atoms with E-state index in [0.29, 0.717) is 35.4 Å². The fraction of sp³-hybridized carbons (Fsp3) is 0.333. The summed E-state index contributed by atoms with van der Waals surface area (Å²) in [5.74, 6) is 0.160. The van der Waals surface area contributed by atoms with Gasteiger partial charge in [0, 0.05) is 29.4 Å². The number of hydrogen-bond acceptors (Lipinski definition) is 5. The zero-order chi connectivity index (χ0) is 26.6. The minimum atomic E-state index is -4.19. The summed E-state index contributed by atoms with van der Waals surface area (Å²) in [5.41, 5.74) is 1.43. The number of ether oxygens (including phenoxy) is 1. The highest BCUT2D eigenvalue weighted by Gasteiger charge is 2.21. The number of primary sulfonamides is 1. The topological polar surface area (TPSA) is 119 Å². The van der Waals surface area contributed by atoms with Crippen LogP contribution in [0.4, 0.5) is 5.69 Å². The zero-order valence-electron chi connectivity index (χ0n) is 20.6. The van der Waals surface area contributed by atoms with Crippen molar-refractivity contribution in [3.05, 3.63) is 70.8 Å². The van der Waals surface area contributed by atoms with Crippen LogP contribution in [0.5, 0.6) is 11.5 Å². The van der Waals surface area contributed by atoms with Crippen LogP contribution in [0.3, 0.4) is 0 Å². The quantitative estimate of drug-likeness (QED) is 0.499. The number of carbonyl (C=O) groups is 2. The minimum absolute atomic E-state index is 0.0157. The van der Waals surface area contributed by atoms with Crippen LogP contribution >= 0.6 is 11.6 Å². The Morgan fingerprint density at radius 2 is 1.89 bits per heavy atom. The molecule has 2 amide bonds. The highest BCUT2D eigenvalue weighted by atomic mass is 35.5. The molecule has 1 saturated heterocycles. The molecule has 0 aromatic heterocycles. The number of hydrogen-bond donors (Lipinski definition) is 2. The molecule has 1 aliphatic heterocycles. The van der Waals surface area contributed by atoms with E-state index < -0.39 is 10.0 Å². The average Bonchev–Trinajstić information content (AvgIpc) is 2.86. The van der Waals surface area contributed by atoms with Crippen LogP contribution in [0.15, 0.2) is 70.1 Å². The molecule has 37 heavy (non-hydrogen) atoms. The second-order valence-electron chi connectivity index (χ2n) is 9.37. The fourth-order valence-electron chi connectivity index (χ4n) is 4.38. The van der Waals surface area contributed by atoms with Crippen LogP contribution < -0.4 is 15.2 Å². The Labute approximate surface area is 222 Å². The number of nitrogens with zero attached hydrogens (tertiary/aromatic N) is 1. The Morgan fingerprint density at radius 1 is 1.14 bits per heavy atom. The van der Waals surface area contributed by atoms with E-state index in [0.717, 1.165) is 31.3 Å². The number of amides is 2. The first-order chi connectivity index (χ1) is 17.6. The largest absolute Gasteiger partial charge is 0.456 e. The van der Waals surface area contributed by atoms with Crippen molar-refractivity contribution in [1.29, 1.82) is 0 Å². The van der Waals surface area contributed by atoms with Gasteiger partial charge in [0.15, 0.2) is 0 Å². The van der Waals surface area contributed by atoms with Crippen molar-refractivity contribution in [3.8, 4) is 11.5 Å². The van der Waals surface area contributed by atoms with Crippen molar-refractivity contribution >= 4 is 39.1 Å². The van der Waals surface area contributed by atoms with E-state index in [1.807, 2.05) is 24.0 Å². The minimum Gasteiger partial charge on any atom is -0.456 e. The predicted molar refractivity (Wildman–Crippen MR) is 143 cm³/mol. The van der Waals surface area contributed by atoms with Gasteiger partial charge >= 0.3 is 0 Å². The number of rotatable bonds is 7. The molecule has 0 bridgehead atoms. The lowest BCUT2D eigenvalue weighted by molar-refractivity contribution is -0.115. The molecule has 0 spiro atoms. The molecule has 4 rings (SSSR count). The molecule has 0 radical (unpaired) electrons. The first-order valence-corrected chi connectivity index (χ1v) is 14.1. The number of anilines is 1. The van der Waals surface area contributed by atoms with Gasteiger partial charge in [0.05, 0.1) is 6.42 Å². The van der Waals surface area contributed by atoms with E-state index in [9.17, 15) is 18.0 Å². The van der Waals surface area contributed by atoms with Gasteiger partial charge in [-0.3, -0.25) is 9.59 Å². The Morgan fingerprint density at radius 3 is 2.59 bits per heavy atom. The molecule has 1 heterocycles. The van der Waals surface area contributed by atoms with E-state index in [2.05, 4.69) is 5.32 Å². The normalized spacial score (nSPS) is 18.0. The standard InChI is InChI=1S/C27H30ClN3O5S/c1-18-8-9-19(23(28)14-18)16-26(32)30-21-10-11-24(25(17-21)37(29,34)35)36-22-7-5-6-20(15-22)27(33)31-12-3-2-4-13-31/h5-7,9-11,14-15,17-18H,2-4,8,12-13,16H2,1H3,(H,30,32)(H2,29,34,35). The van der Waals surface area contributed by atoms with Gasteiger partial charge in [0.25, 0.3) is 5.91 Å². The van der Waals surface area contributed by atoms with Crippen molar-refractivity contribution in [2.75, 3.05) is 18.4 Å². The Kier molecular flexibility index (Phi) is 8.36. The van der Waals surface area contributed by atoms with Crippen LogP contribution in [0.25, 0.3) is 0 Å². The van der Waals surface area contributed by atoms with Crippen LogP contribution in [-0.2, 0) is 14.8 Å². The summed E-state index contributed by atoms with van der Waals surface area (Å²) in [4.78, 5) is 27.0. The number of allylic oxidation sites excluding steroid dienone is 3. The number of benzene rings is 2. The van der Waals surface area contributed by atoms with Crippen molar-refractivity contribution in [2.24, 2.45) is 11.1 Å². The smallest absolute Gasteiger partial charge is 0.253 e.